The second-order valence-corrected chi connectivity index (χ2v) is 6.63. The van der Waals surface area contributed by atoms with E-state index >= 15 is 0 Å². The minimum Gasteiger partial charge on any atom is -0.496 e. The zero-order chi connectivity index (χ0) is 19.5. The van der Waals surface area contributed by atoms with Gasteiger partial charge in [0.05, 0.1) is 13.0 Å². The monoisotopic (exact) mass is 369 g/mol. The molecule has 3 aromatic rings. The Kier molecular flexibility index (Phi) is 4.74. The first kappa shape index (κ1) is 17.7. The number of benzene rings is 2. The molecule has 2 aromatic carbocycles. The molecule has 0 saturated heterocycles. The Bertz CT molecular complexity index is 1140. The van der Waals surface area contributed by atoms with Crippen LogP contribution in [0, 0.1) is 17.8 Å². The number of H-pyrrole nitrogens is 1. The van der Waals surface area contributed by atoms with Crippen LogP contribution in [0.3, 0.4) is 0 Å². The molecule has 4 nitrogen and oxygen atoms in total. The fourth-order valence-electron chi connectivity index (χ4n) is 3.59. The molecule has 0 amide bonds. The van der Waals surface area contributed by atoms with Gasteiger partial charge < -0.3 is 14.8 Å². The topological polar surface area (TPSA) is 62.3 Å². The van der Waals surface area contributed by atoms with E-state index in [1.165, 1.54) is 0 Å². The number of hydrogen-bond donors (Lipinski definition) is 2. The third-order valence-electron chi connectivity index (χ3n) is 4.93. The maximum absolute atomic E-state index is 12.0. The number of allylic oxidation sites excluding steroid dienone is 3. The van der Waals surface area contributed by atoms with Crippen molar-refractivity contribution < 1.29 is 14.6 Å². The van der Waals surface area contributed by atoms with Crippen LogP contribution in [0.1, 0.15) is 17.0 Å². The number of carboxylic acids is 1. The molecule has 1 aliphatic rings. The second kappa shape index (κ2) is 7.50. The van der Waals surface area contributed by atoms with E-state index < -0.39 is 11.9 Å². The maximum atomic E-state index is 12.0. The number of aliphatic carboxylic acids is 1. The molecule has 1 heterocycles. The van der Waals surface area contributed by atoms with Gasteiger partial charge in [0.2, 0.25) is 0 Å². The van der Waals surface area contributed by atoms with Gasteiger partial charge in [-0.3, -0.25) is 4.79 Å². The smallest absolute Gasteiger partial charge is 0.311 e. The highest BCUT2D eigenvalue weighted by atomic mass is 16.5. The van der Waals surface area contributed by atoms with Crippen LogP contribution in [-0.2, 0) is 4.79 Å². The van der Waals surface area contributed by atoms with Crippen molar-refractivity contribution in [3.63, 3.8) is 0 Å². The molecular formula is C24H19NO3. The summed E-state index contributed by atoms with van der Waals surface area (Å²) in [6.45, 7) is 0. The molecular weight excluding hydrogens is 350 g/mol. The van der Waals surface area contributed by atoms with Crippen molar-refractivity contribution in [2.24, 2.45) is 5.92 Å². The molecule has 0 fully saturated rings. The number of rotatable bonds is 3. The summed E-state index contributed by atoms with van der Waals surface area (Å²) in [4.78, 5) is 15.1. The lowest BCUT2D eigenvalue weighted by molar-refractivity contribution is -0.140. The highest BCUT2D eigenvalue weighted by Gasteiger charge is 2.32. The number of ether oxygens (including phenoxy) is 1. The number of fused-ring (bicyclic) bond motifs is 1. The second-order valence-electron chi connectivity index (χ2n) is 6.63. The van der Waals surface area contributed by atoms with Crippen LogP contribution in [0.2, 0.25) is 0 Å². The van der Waals surface area contributed by atoms with Gasteiger partial charge >= 0.3 is 5.97 Å². The van der Waals surface area contributed by atoms with E-state index in [9.17, 15) is 9.90 Å². The van der Waals surface area contributed by atoms with Gasteiger partial charge in [0.15, 0.2) is 0 Å². The normalized spacial score (nSPS) is 18.2. The minimum absolute atomic E-state index is 0.389. The van der Waals surface area contributed by atoms with E-state index in [0.717, 1.165) is 27.6 Å². The van der Waals surface area contributed by atoms with Gasteiger partial charge in [0.1, 0.15) is 5.75 Å². The summed E-state index contributed by atoms with van der Waals surface area (Å²) in [7, 11) is 1.62. The Morgan fingerprint density at radius 2 is 1.96 bits per heavy atom. The number of carboxylic acid groups (broad SMARTS) is 1. The summed E-state index contributed by atoms with van der Waals surface area (Å²) >= 11 is 0. The predicted octanol–water partition coefficient (Wildman–Crippen LogP) is 4.51. The molecule has 0 bridgehead atoms. The number of aromatic amines is 1. The molecule has 0 radical (unpaired) electrons. The molecule has 2 N–H and O–H groups in total. The van der Waals surface area contributed by atoms with Gasteiger partial charge in [-0.15, -0.1) is 0 Å². The van der Waals surface area contributed by atoms with E-state index in [1.54, 1.807) is 19.3 Å². The number of nitrogens with one attached hydrogen (secondary N) is 1. The van der Waals surface area contributed by atoms with Crippen molar-refractivity contribution in [1.29, 1.82) is 0 Å². The predicted molar refractivity (Wildman–Crippen MR) is 109 cm³/mol. The van der Waals surface area contributed by atoms with Gasteiger partial charge in [0, 0.05) is 34.2 Å². The van der Waals surface area contributed by atoms with Gasteiger partial charge in [-0.2, -0.15) is 0 Å². The molecule has 0 saturated carbocycles. The summed E-state index contributed by atoms with van der Waals surface area (Å²) in [5.74, 6) is 5.10. The van der Waals surface area contributed by atoms with Gasteiger partial charge in [-0.05, 0) is 35.9 Å². The van der Waals surface area contributed by atoms with E-state index in [2.05, 4.69) is 16.8 Å². The Hall–Kier alpha value is -3.71. The zero-order valence-electron chi connectivity index (χ0n) is 15.3. The fourth-order valence-corrected chi connectivity index (χ4v) is 3.59. The highest BCUT2D eigenvalue weighted by molar-refractivity contribution is 5.87. The van der Waals surface area contributed by atoms with Crippen LogP contribution in [0.5, 0.6) is 5.75 Å². The Morgan fingerprint density at radius 3 is 2.71 bits per heavy atom. The molecule has 2 unspecified atom stereocenters. The standard InChI is InChI=1S/C24H19NO3/c1-28-22-15-18(14-21-19(22)12-13-25-21)23-17(8-5-9-20(23)24(26)27)11-10-16-6-3-2-4-7-16/h2-9,12-15,20,23,25H,1H3,(H,26,27). The molecule has 0 spiro atoms. The lowest BCUT2D eigenvalue weighted by Crippen LogP contribution is -2.23. The first-order valence-corrected chi connectivity index (χ1v) is 9.00. The number of hydrogen-bond acceptors (Lipinski definition) is 2. The molecule has 1 aromatic heterocycles. The maximum Gasteiger partial charge on any atom is 0.311 e. The summed E-state index contributed by atoms with van der Waals surface area (Å²) in [5, 5.41) is 10.8. The number of methoxy groups -OCH3 is 1. The van der Waals surface area contributed by atoms with Crippen LogP contribution >= 0.6 is 0 Å². The minimum atomic E-state index is -0.876. The Labute approximate surface area is 163 Å². The van der Waals surface area contributed by atoms with Gasteiger partial charge in [0.25, 0.3) is 0 Å². The van der Waals surface area contributed by atoms with Crippen molar-refractivity contribution in [3.8, 4) is 17.6 Å². The van der Waals surface area contributed by atoms with Crippen LogP contribution < -0.4 is 4.74 Å². The first-order chi connectivity index (χ1) is 13.7. The molecule has 1 aliphatic carbocycles. The molecule has 28 heavy (non-hydrogen) atoms. The SMILES string of the molecule is COc1cc(C2C(C#Cc3ccccc3)=CC=CC2C(=O)O)cc2[nH]ccc12. The van der Waals surface area contributed by atoms with Crippen LogP contribution in [0.25, 0.3) is 10.9 Å². The average Bonchev–Trinajstić information content (AvgIpc) is 3.20. The lowest BCUT2D eigenvalue weighted by Gasteiger charge is -2.25. The third kappa shape index (κ3) is 3.30. The van der Waals surface area contributed by atoms with Crippen molar-refractivity contribution in [1.82, 2.24) is 4.98 Å². The average molecular weight is 369 g/mol. The Balaban J connectivity index is 1.82. The van der Waals surface area contributed by atoms with Crippen molar-refractivity contribution in [2.45, 2.75) is 5.92 Å². The van der Waals surface area contributed by atoms with Crippen LogP contribution in [0.15, 0.2) is 78.5 Å². The fraction of sp³-hybridized carbons (Fsp3) is 0.125. The van der Waals surface area contributed by atoms with Crippen molar-refractivity contribution in [3.05, 3.63) is 89.7 Å². The summed E-state index contributed by atoms with van der Waals surface area (Å²) in [5.41, 5.74) is 3.42. The number of aromatic nitrogens is 1. The van der Waals surface area contributed by atoms with Gasteiger partial charge in [-0.25, -0.2) is 0 Å². The molecule has 2 atom stereocenters. The van der Waals surface area contributed by atoms with E-state index in [0.29, 0.717) is 5.75 Å². The Morgan fingerprint density at radius 1 is 1.14 bits per heavy atom. The molecule has 138 valence electrons. The first-order valence-electron chi connectivity index (χ1n) is 9.00. The van der Waals surface area contributed by atoms with E-state index in [4.69, 9.17) is 4.74 Å². The molecule has 4 rings (SSSR count). The van der Waals surface area contributed by atoms with Gasteiger partial charge in [-0.1, -0.05) is 48.3 Å². The van der Waals surface area contributed by atoms with Crippen molar-refractivity contribution in [2.75, 3.05) is 7.11 Å². The summed E-state index contributed by atoms with van der Waals surface area (Å²) < 4.78 is 5.54. The molecule has 0 aliphatic heterocycles. The summed E-state index contributed by atoms with van der Waals surface area (Å²) in [6.07, 6.45) is 7.23. The summed E-state index contributed by atoms with van der Waals surface area (Å²) in [6, 6.07) is 15.5. The van der Waals surface area contributed by atoms with E-state index in [-0.39, 0.29) is 5.92 Å². The molecule has 4 heteroatoms. The van der Waals surface area contributed by atoms with E-state index in [1.807, 2.05) is 60.8 Å². The third-order valence-corrected chi connectivity index (χ3v) is 4.93. The number of carbonyl (C=O) groups is 1. The quantitative estimate of drug-likeness (QED) is 0.668. The van der Waals surface area contributed by atoms with Crippen LogP contribution in [0.4, 0.5) is 0 Å². The zero-order valence-corrected chi connectivity index (χ0v) is 15.3. The van der Waals surface area contributed by atoms with Crippen molar-refractivity contribution >= 4 is 16.9 Å². The largest absolute Gasteiger partial charge is 0.496 e. The van der Waals surface area contributed by atoms with Crippen LogP contribution in [-0.4, -0.2) is 23.2 Å². The highest BCUT2D eigenvalue weighted by Crippen LogP contribution is 2.39. The lowest BCUT2D eigenvalue weighted by atomic mass is 9.77.